The lowest BCUT2D eigenvalue weighted by atomic mass is 9.83. The van der Waals surface area contributed by atoms with E-state index in [2.05, 4.69) is 33.5 Å². The average Bonchev–Trinajstić information content (AvgIpc) is 2.72. The van der Waals surface area contributed by atoms with Gasteiger partial charge in [0.1, 0.15) is 6.07 Å². The van der Waals surface area contributed by atoms with E-state index in [0.717, 1.165) is 36.6 Å². The predicted octanol–water partition coefficient (Wildman–Crippen LogP) is 2.36. The summed E-state index contributed by atoms with van der Waals surface area (Å²) in [5.41, 5.74) is 2.94. The maximum atomic E-state index is 12.4. The van der Waals surface area contributed by atoms with Gasteiger partial charge in [0.05, 0.1) is 23.3 Å². The van der Waals surface area contributed by atoms with Crippen molar-refractivity contribution < 1.29 is 4.79 Å². The van der Waals surface area contributed by atoms with Crippen molar-refractivity contribution in [1.82, 2.24) is 20.5 Å². The van der Waals surface area contributed by atoms with E-state index in [0.29, 0.717) is 17.2 Å². The van der Waals surface area contributed by atoms with E-state index in [4.69, 9.17) is 5.41 Å². The van der Waals surface area contributed by atoms with Crippen LogP contribution in [0, 0.1) is 22.7 Å². The summed E-state index contributed by atoms with van der Waals surface area (Å²) in [5.74, 6) is 0.578. The van der Waals surface area contributed by atoms with Crippen molar-refractivity contribution in [2.75, 3.05) is 26.7 Å². The van der Waals surface area contributed by atoms with Gasteiger partial charge in [-0.3, -0.25) is 14.7 Å². The van der Waals surface area contributed by atoms with Gasteiger partial charge < -0.3 is 16.0 Å². The number of benzene rings is 1. The largest absolute Gasteiger partial charge is 0.392 e. The Hall–Kier alpha value is -3.24. The molecule has 0 unspecified atom stereocenters. The minimum absolute atomic E-state index is 0.130. The van der Waals surface area contributed by atoms with Crippen molar-refractivity contribution in [2.45, 2.75) is 19.3 Å². The lowest BCUT2D eigenvalue weighted by molar-refractivity contribution is -0.121. The topological polar surface area (TPSA) is 105 Å². The zero-order valence-corrected chi connectivity index (χ0v) is 16.8. The van der Waals surface area contributed by atoms with Crippen LogP contribution < -0.4 is 10.6 Å². The highest BCUT2D eigenvalue weighted by Crippen LogP contribution is 2.34. The minimum atomic E-state index is -0.130. The van der Waals surface area contributed by atoms with E-state index >= 15 is 0 Å². The number of fused-ring (bicyclic) bond motifs is 1. The maximum Gasteiger partial charge on any atom is 0.238 e. The fourth-order valence-electron chi connectivity index (χ4n) is 4.13. The Morgan fingerprint density at radius 2 is 2.24 bits per heavy atom. The number of nitrogens with zero attached hydrogens (tertiary/aromatic N) is 3. The van der Waals surface area contributed by atoms with Gasteiger partial charge in [0, 0.05) is 44.1 Å². The summed E-state index contributed by atoms with van der Waals surface area (Å²) in [6.07, 6.45) is 5.44. The molecule has 0 spiro atoms. The van der Waals surface area contributed by atoms with Crippen molar-refractivity contribution in [3.63, 3.8) is 0 Å². The molecule has 1 amide bonds. The number of nitriles is 1. The quantitative estimate of drug-likeness (QED) is 0.657. The third-order valence-corrected chi connectivity index (χ3v) is 5.21. The van der Waals surface area contributed by atoms with Gasteiger partial charge in [-0.05, 0) is 36.0 Å². The SMILES string of the molecule is CN/C=C(\C=N)NC(=O)CN1C[C@H](C)C[C@@H](c2ccc(C#N)c3ncccc23)C1. The van der Waals surface area contributed by atoms with Crippen LogP contribution in [0.4, 0.5) is 0 Å². The molecule has 1 aromatic heterocycles. The zero-order chi connectivity index (χ0) is 20.8. The van der Waals surface area contributed by atoms with Gasteiger partial charge >= 0.3 is 0 Å². The molecule has 150 valence electrons. The number of piperidine rings is 1. The normalized spacial score (nSPS) is 20.1. The molecule has 2 heterocycles. The molecule has 0 radical (unpaired) electrons. The summed E-state index contributed by atoms with van der Waals surface area (Å²) >= 11 is 0. The van der Waals surface area contributed by atoms with Crippen LogP contribution >= 0.6 is 0 Å². The second-order valence-electron chi connectivity index (χ2n) is 7.53. The van der Waals surface area contributed by atoms with E-state index in [1.807, 2.05) is 24.3 Å². The second kappa shape index (κ2) is 9.30. The highest BCUT2D eigenvalue weighted by atomic mass is 16.2. The van der Waals surface area contributed by atoms with Gasteiger partial charge in [0.25, 0.3) is 0 Å². The first-order valence-electron chi connectivity index (χ1n) is 9.73. The number of hydrogen-bond acceptors (Lipinski definition) is 6. The molecular weight excluding hydrogens is 364 g/mol. The number of likely N-dealkylation sites (tertiary alicyclic amines) is 1. The molecule has 3 N–H and O–H groups in total. The summed E-state index contributed by atoms with van der Waals surface area (Å²) in [4.78, 5) is 19.0. The summed E-state index contributed by atoms with van der Waals surface area (Å²) in [5, 5.41) is 23.3. The highest BCUT2D eigenvalue weighted by Gasteiger charge is 2.28. The number of pyridine rings is 1. The standard InChI is InChI=1S/C22H26N6O/c1-15-8-17(13-28(12-15)14-21(29)27-18(10-24)11-25-2)19-6-5-16(9-23)22-20(19)4-3-7-26-22/h3-7,10-11,15,17,24-25H,8,12-14H2,1-2H3,(H,27,29)/b18-11+,24-10?/t15-,17-/m1/s1. The fraction of sp³-hybridized carbons (Fsp3) is 0.364. The number of aromatic nitrogens is 1. The summed E-state index contributed by atoms with van der Waals surface area (Å²) in [6, 6.07) is 10.0. The first-order chi connectivity index (χ1) is 14.0. The van der Waals surface area contributed by atoms with Gasteiger partial charge in [-0.25, -0.2) is 0 Å². The molecule has 0 bridgehead atoms. The Labute approximate surface area is 170 Å². The number of nitrogens with one attached hydrogen (secondary N) is 3. The Bertz CT molecular complexity index is 977. The molecule has 1 saturated heterocycles. The van der Waals surface area contributed by atoms with Crippen LogP contribution in [0.2, 0.25) is 0 Å². The fourth-order valence-corrected chi connectivity index (χ4v) is 4.13. The Morgan fingerprint density at radius 3 is 2.97 bits per heavy atom. The molecule has 1 aliphatic heterocycles. The number of hydrogen-bond donors (Lipinski definition) is 3. The van der Waals surface area contributed by atoms with Gasteiger partial charge in [-0.2, -0.15) is 5.26 Å². The Kier molecular flexibility index (Phi) is 6.57. The average molecular weight is 390 g/mol. The Morgan fingerprint density at radius 1 is 1.41 bits per heavy atom. The zero-order valence-electron chi connectivity index (χ0n) is 16.8. The lowest BCUT2D eigenvalue weighted by Crippen LogP contribution is -2.44. The molecule has 2 aromatic rings. The minimum Gasteiger partial charge on any atom is -0.392 e. The van der Waals surface area contributed by atoms with Crippen LogP contribution in [0.15, 0.2) is 42.4 Å². The van der Waals surface area contributed by atoms with E-state index < -0.39 is 0 Å². The predicted molar refractivity (Wildman–Crippen MR) is 113 cm³/mol. The molecule has 7 nitrogen and oxygen atoms in total. The smallest absolute Gasteiger partial charge is 0.238 e. The molecule has 7 heteroatoms. The first-order valence-corrected chi connectivity index (χ1v) is 9.73. The third kappa shape index (κ3) is 4.79. The van der Waals surface area contributed by atoms with E-state index in [9.17, 15) is 10.1 Å². The summed E-state index contributed by atoms with van der Waals surface area (Å²) < 4.78 is 0. The summed E-state index contributed by atoms with van der Waals surface area (Å²) in [6.45, 7) is 4.10. The Balaban J connectivity index is 1.80. The molecule has 1 fully saturated rings. The van der Waals surface area contributed by atoms with Crippen LogP contribution in [0.1, 0.15) is 30.4 Å². The molecule has 0 saturated carbocycles. The molecule has 0 aliphatic carbocycles. The van der Waals surface area contributed by atoms with Gasteiger partial charge in [0.15, 0.2) is 0 Å². The second-order valence-corrected chi connectivity index (χ2v) is 7.53. The third-order valence-electron chi connectivity index (χ3n) is 5.21. The summed E-state index contributed by atoms with van der Waals surface area (Å²) in [7, 11) is 1.73. The molecule has 1 aliphatic rings. The molecule has 2 atom stereocenters. The van der Waals surface area contributed by atoms with E-state index in [-0.39, 0.29) is 18.4 Å². The van der Waals surface area contributed by atoms with Crippen LogP contribution in [0.25, 0.3) is 10.9 Å². The van der Waals surface area contributed by atoms with Crippen molar-refractivity contribution in [2.24, 2.45) is 5.92 Å². The van der Waals surface area contributed by atoms with Crippen molar-refractivity contribution >= 4 is 23.0 Å². The molecule has 1 aromatic carbocycles. The van der Waals surface area contributed by atoms with Crippen molar-refractivity contribution in [1.29, 1.82) is 10.7 Å². The van der Waals surface area contributed by atoms with Crippen molar-refractivity contribution in [3.05, 3.63) is 53.5 Å². The first kappa shape index (κ1) is 20.5. The number of carbonyl (C=O) groups is 1. The van der Waals surface area contributed by atoms with Crippen LogP contribution in [-0.4, -0.2) is 48.7 Å². The van der Waals surface area contributed by atoms with E-state index in [1.54, 1.807) is 19.4 Å². The molecule has 29 heavy (non-hydrogen) atoms. The van der Waals surface area contributed by atoms with Gasteiger partial charge in [-0.1, -0.05) is 19.1 Å². The lowest BCUT2D eigenvalue weighted by Gasteiger charge is -2.36. The van der Waals surface area contributed by atoms with Gasteiger partial charge in [-0.15, -0.1) is 0 Å². The number of allylic oxidation sites excluding steroid dienone is 1. The molecule has 3 rings (SSSR count). The number of carbonyl (C=O) groups excluding carboxylic acids is 1. The van der Waals surface area contributed by atoms with E-state index in [1.165, 1.54) is 5.56 Å². The van der Waals surface area contributed by atoms with Crippen LogP contribution in [-0.2, 0) is 4.79 Å². The maximum absolute atomic E-state index is 12.4. The van der Waals surface area contributed by atoms with Gasteiger partial charge in [0.2, 0.25) is 5.91 Å². The monoisotopic (exact) mass is 390 g/mol. The van der Waals surface area contributed by atoms with Crippen LogP contribution in [0.3, 0.4) is 0 Å². The number of amides is 1. The highest BCUT2D eigenvalue weighted by molar-refractivity contribution is 5.88. The van der Waals surface area contributed by atoms with Crippen LogP contribution in [0.5, 0.6) is 0 Å². The number of rotatable bonds is 6. The molecular formula is C22H26N6O. The van der Waals surface area contributed by atoms with Crippen molar-refractivity contribution in [3.8, 4) is 6.07 Å².